The summed E-state index contributed by atoms with van der Waals surface area (Å²) in [6.45, 7) is 0.781. The van der Waals surface area contributed by atoms with Crippen LogP contribution in [0.1, 0.15) is 29.7 Å². The maximum absolute atomic E-state index is 14.7. The van der Waals surface area contributed by atoms with E-state index in [4.69, 9.17) is 4.74 Å². The first kappa shape index (κ1) is 24.0. The molecule has 30 heavy (non-hydrogen) atoms. The van der Waals surface area contributed by atoms with E-state index >= 15 is 0 Å². The molecule has 1 atom stereocenters. The largest absolute Gasteiger partial charge is 0.481 e. The lowest BCUT2D eigenvalue weighted by molar-refractivity contribution is -0.132. The second-order valence-corrected chi connectivity index (χ2v) is 7.20. The lowest BCUT2D eigenvalue weighted by atomic mass is 10.0. The number of ether oxygens (including phenoxy) is 1. The summed E-state index contributed by atoms with van der Waals surface area (Å²) in [7, 11) is 2.86. The molecule has 0 saturated carbocycles. The van der Waals surface area contributed by atoms with E-state index in [1.165, 1.54) is 12.0 Å². The molecule has 0 bridgehead atoms. The number of carbonyl (C=O) groups excluding carboxylic acids is 1. The topological polar surface area (TPSA) is 54.5 Å². The Hall–Kier alpha value is -2.32. The van der Waals surface area contributed by atoms with Gasteiger partial charge < -0.3 is 15.0 Å². The fourth-order valence-electron chi connectivity index (χ4n) is 3.49. The summed E-state index contributed by atoms with van der Waals surface area (Å²) in [4.78, 5) is 17.6. The lowest BCUT2D eigenvalue weighted by Crippen LogP contribution is -2.41. The van der Waals surface area contributed by atoms with Crippen molar-refractivity contribution in [3.63, 3.8) is 0 Å². The summed E-state index contributed by atoms with van der Waals surface area (Å²) in [5, 5.41) is 3.10. The van der Waals surface area contributed by atoms with E-state index < -0.39 is 23.9 Å². The standard InChI is InChI=1S/C21H24F3N3O2.ClH/c1-27(20(28)17-9-6-10-25-17)13-15-11-16(22)18(26-19(15)29-2)21(23,24)12-14-7-4-3-5-8-14;/h3-5,7-8,11,17,25H,6,9-10,12-13H2,1-2H3;1H. The molecule has 1 saturated heterocycles. The summed E-state index contributed by atoms with van der Waals surface area (Å²) in [5.74, 6) is -4.88. The minimum Gasteiger partial charge on any atom is -0.481 e. The molecule has 3 rings (SSSR count). The zero-order chi connectivity index (χ0) is 21.0. The molecule has 1 aliphatic rings. The molecule has 0 radical (unpaired) electrons. The molecule has 1 aromatic heterocycles. The fraction of sp³-hybridized carbons (Fsp3) is 0.429. The number of likely N-dealkylation sites (N-methyl/N-ethyl adjacent to an activating group) is 1. The minimum absolute atomic E-state index is 0. The van der Waals surface area contributed by atoms with E-state index in [1.807, 2.05) is 0 Å². The Morgan fingerprint density at radius 2 is 2.03 bits per heavy atom. The highest BCUT2D eigenvalue weighted by Gasteiger charge is 2.38. The van der Waals surface area contributed by atoms with Crippen LogP contribution >= 0.6 is 12.4 Å². The Morgan fingerprint density at radius 1 is 1.33 bits per heavy atom. The molecule has 0 aliphatic carbocycles. The maximum atomic E-state index is 14.7. The number of nitrogens with one attached hydrogen (secondary N) is 1. The molecule has 0 spiro atoms. The van der Waals surface area contributed by atoms with Crippen molar-refractivity contribution in [3.05, 3.63) is 59.0 Å². The summed E-state index contributed by atoms with van der Waals surface area (Å²) >= 11 is 0. The van der Waals surface area contributed by atoms with Gasteiger partial charge in [0.05, 0.1) is 19.7 Å². The number of rotatable bonds is 7. The number of aromatic nitrogens is 1. The van der Waals surface area contributed by atoms with Crippen LogP contribution in [0.3, 0.4) is 0 Å². The van der Waals surface area contributed by atoms with E-state index in [0.29, 0.717) is 5.56 Å². The van der Waals surface area contributed by atoms with Crippen molar-refractivity contribution in [1.29, 1.82) is 0 Å². The first-order chi connectivity index (χ1) is 13.8. The Labute approximate surface area is 180 Å². The molecule has 1 unspecified atom stereocenters. The SMILES string of the molecule is COc1nc(C(F)(F)Cc2ccccc2)c(F)cc1CN(C)C(=O)C1CCCN1.Cl. The van der Waals surface area contributed by atoms with Gasteiger partial charge >= 0.3 is 0 Å². The molecule has 2 heterocycles. The molecule has 1 N–H and O–H groups in total. The second kappa shape index (κ2) is 10.1. The van der Waals surface area contributed by atoms with Gasteiger partial charge in [-0.05, 0) is 31.0 Å². The number of halogens is 4. The van der Waals surface area contributed by atoms with Gasteiger partial charge in [-0.15, -0.1) is 12.4 Å². The maximum Gasteiger partial charge on any atom is 0.296 e. The van der Waals surface area contributed by atoms with Crippen molar-refractivity contribution < 1.29 is 22.7 Å². The monoisotopic (exact) mass is 443 g/mol. The van der Waals surface area contributed by atoms with Gasteiger partial charge in [-0.25, -0.2) is 9.37 Å². The van der Waals surface area contributed by atoms with Gasteiger partial charge in [0.2, 0.25) is 11.8 Å². The van der Waals surface area contributed by atoms with E-state index in [2.05, 4.69) is 10.3 Å². The van der Waals surface area contributed by atoms with E-state index in [1.54, 1.807) is 37.4 Å². The van der Waals surface area contributed by atoms with E-state index in [9.17, 15) is 18.0 Å². The van der Waals surface area contributed by atoms with Crippen LogP contribution < -0.4 is 10.1 Å². The molecule has 1 aromatic carbocycles. The molecule has 2 aromatic rings. The average molecular weight is 444 g/mol. The Morgan fingerprint density at radius 3 is 2.63 bits per heavy atom. The second-order valence-electron chi connectivity index (χ2n) is 7.20. The van der Waals surface area contributed by atoms with Crippen LogP contribution in [0.2, 0.25) is 0 Å². The number of methoxy groups -OCH3 is 1. The number of hydrogen-bond donors (Lipinski definition) is 1. The van der Waals surface area contributed by atoms with Gasteiger partial charge in [-0.3, -0.25) is 4.79 Å². The smallest absolute Gasteiger partial charge is 0.296 e. The third-order valence-electron chi connectivity index (χ3n) is 4.97. The lowest BCUT2D eigenvalue weighted by Gasteiger charge is -2.23. The van der Waals surface area contributed by atoms with Gasteiger partial charge in [0.25, 0.3) is 5.92 Å². The minimum atomic E-state index is -3.51. The van der Waals surface area contributed by atoms with Crippen molar-refractivity contribution >= 4 is 18.3 Å². The predicted octanol–water partition coefficient (Wildman–Crippen LogP) is 3.70. The average Bonchev–Trinajstić information content (AvgIpc) is 3.22. The molecule has 1 aliphatic heterocycles. The summed E-state index contributed by atoms with van der Waals surface area (Å²) < 4.78 is 49.2. The highest BCUT2D eigenvalue weighted by atomic mass is 35.5. The number of pyridine rings is 1. The molecular weight excluding hydrogens is 419 g/mol. The van der Waals surface area contributed by atoms with Crippen LogP contribution in [-0.4, -0.2) is 42.5 Å². The Kier molecular flexibility index (Phi) is 8.09. The van der Waals surface area contributed by atoms with Gasteiger partial charge in [0.15, 0.2) is 5.82 Å². The van der Waals surface area contributed by atoms with Crippen molar-refractivity contribution in [2.45, 2.75) is 37.8 Å². The van der Waals surface area contributed by atoms with Crippen molar-refractivity contribution in [2.24, 2.45) is 0 Å². The van der Waals surface area contributed by atoms with E-state index in [0.717, 1.165) is 25.5 Å². The normalized spacial score (nSPS) is 16.1. The summed E-state index contributed by atoms with van der Waals surface area (Å²) in [6, 6.07) is 8.81. The van der Waals surface area contributed by atoms with Crippen LogP contribution in [0.5, 0.6) is 5.88 Å². The first-order valence-electron chi connectivity index (χ1n) is 9.46. The van der Waals surface area contributed by atoms with Gasteiger partial charge in [0, 0.05) is 19.0 Å². The summed E-state index contributed by atoms with van der Waals surface area (Å²) in [5.41, 5.74) is -0.359. The number of amides is 1. The third kappa shape index (κ3) is 5.43. The number of carbonyl (C=O) groups is 1. The Balaban J connectivity index is 0.00000320. The molecule has 1 amide bonds. The quantitative estimate of drug-likeness (QED) is 0.709. The molecular formula is C21H25ClF3N3O2. The zero-order valence-electron chi connectivity index (χ0n) is 16.8. The fourth-order valence-corrected chi connectivity index (χ4v) is 3.49. The van der Waals surface area contributed by atoms with Gasteiger partial charge in [-0.1, -0.05) is 30.3 Å². The van der Waals surface area contributed by atoms with E-state index in [-0.39, 0.29) is 42.3 Å². The van der Waals surface area contributed by atoms with Crippen molar-refractivity contribution in [2.75, 3.05) is 20.7 Å². The third-order valence-corrected chi connectivity index (χ3v) is 4.97. The number of benzene rings is 1. The van der Waals surface area contributed by atoms with Crippen molar-refractivity contribution in [1.82, 2.24) is 15.2 Å². The van der Waals surface area contributed by atoms with Crippen LogP contribution in [0.4, 0.5) is 13.2 Å². The van der Waals surface area contributed by atoms with Crippen LogP contribution in [0, 0.1) is 5.82 Å². The van der Waals surface area contributed by atoms with Crippen LogP contribution in [0.25, 0.3) is 0 Å². The molecule has 164 valence electrons. The van der Waals surface area contributed by atoms with Crippen molar-refractivity contribution in [3.8, 4) is 5.88 Å². The number of alkyl halides is 2. The summed E-state index contributed by atoms with van der Waals surface area (Å²) in [6.07, 6.45) is 0.971. The van der Waals surface area contributed by atoms with Crippen LogP contribution in [0.15, 0.2) is 36.4 Å². The number of nitrogens with zero attached hydrogens (tertiary/aromatic N) is 2. The highest BCUT2D eigenvalue weighted by molar-refractivity contribution is 5.85. The van der Waals surface area contributed by atoms with Gasteiger partial charge in [-0.2, -0.15) is 8.78 Å². The molecule has 5 nitrogen and oxygen atoms in total. The predicted molar refractivity (Wildman–Crippen MR) is 110 cm³/mol. The molecule has 1 fully saturated rings. The molecule has 9 heteroatoms. The highest BCUT2D eigenvalue weighted by Crippen LogP contribution is 2.35. The van der Waals surface area contributed by atoms with Gasteiger partial charge in [0.1, 0.15) is 5.69 Å². The first-order valence-corrected chi connectivity index (χ1v) is 9.46. The Bertz CT molecular complexity index is 862. The van der Waals surface area contributed by atoms with Crippen LogP contribution in [-0.2, 0) is 23.7 Å². The number of hydrogen-bond acceptors (Lipinski definition) is 4. The zero-order valence-corrected chi connectivity index (χ0v) is 17.6.